The average Bonchev–Trinajstić information content (AvgIpc) is 0.801. The minimum atomic E-state index is -4.37. The van der Waals surface area contributed by atoms with Crippen molar-refractivity contribution in [3.8, 4) is 55.6 Å². The third kappa shape index (κ3) is 26.8. The fraction of sp³-hybridized carbons (Fsp3) is 0.298. The lowest BCUT2D eigenvalue weighted by Gasteiger charge is -2.32. The number of nitrogens with zero attached hydrogens (tertiary/aromatic N) is 6. The summed E-state index contributed by atoms with van der Waals surface area (Å²) in [7, 11) is 17.2. The number of carbonyl (C=O) groups is 6. The van der Waals surface area contributed by atoms with Crippen LogP contribution in [0.25, 0.3) is 55.6 Å². The van der Waals surface area contributed by atoms with E-state index in [1.807, 2.05) is 120 Å². The minimum absolute atomic E-state index is 0.00151. The van der Waals surface area contributed by atoms with Gasteiger partial charge in [0, 0.05) is 179 Å². The van der Waals surface area contributed by atoms with E-state index in [1.165, 1.54) is 40.2 Å². The monoisotopic (exact) mass is 1710 g/mol. The number of Topliss-reactive ketones (excluding diaryl/α,β-unsaturated/α-hetero) is 1. The molecule has 26 heteroatoms. The lowest BCUT2D eigenvalue weighted by atomic mass is 9.96. The van der Waals surface area contributed by atoms with Crippen LogP contribution < -0.4 is 0 Å². The molecule has 0 N–H and O–H groups in total. The number of likely N-dealkylation sites (N-methyl/N-ethyl adjacent to an activating group) is 1. The minimum Gasteiger partial charge on any atom is -0.380 e. The second kappa shape index (κ2) is 45.3. The number of rotatable bonds is 22. The summed E-state index contributed by atoms with van der Waals surface area (Å²) >= 11 is 13.7. The Kier molecular flexibility index (Phi) is 35.9. The van der Waals surface area contributed by atoms with Crippen molar-refractivity contribution in [3.05, 3.63) is 284 Å². The molecular weight excluding hydrogens is 1610 g/mol. The van der Waals surface area contributed by atoms with Crippen LogP contribution in [0, 0.1) is 0 Å². The van der Waals surface area contributed by atoms with Crippen molar-refractivity contribution in [3.63, 3.8) is 0 Å². The molecule has 5 amide bonds. The first kappa shape index (κ1) is 95.1. The van der Waals surface area contributed by atoms with Gasteiger partial charge in [-0.1, -0.05) is 114 Å². The van der Waals surface area contributed by atoms with Gasteiger partial charge in [0.1, 0.15) is 5.78 Å². The number of ketones is 1. The Morgan fingerprint density at radius 3 is 0.942 bits per heavy atom. The van der Waals surface area contributed by atoms with Crippen LogP contribution in [0.15, 0.2) is 222 Å². The van der Waals surface area contributed by atoms with Crippen molar-refractivity contribution >= 4 is 80.1 Å². The van der Waals surface area contributed by atoms with Gasteiger partial charge >= 0.3 is 6.18 Å². The van der Waals surface area contributed by atoms with E-state index in [0.717, 1.165) is 116 Å². The maximum atomic E-state index is 12.8. The Bertz CT molecular complexity index is 5250. The lowest BCUT2D eigenvalue weighted by molar-refractivity contribution is -0.137. The summed E-state index contributed by atoms with van der Waals surface area (Å²) in [6.45, 7) is 6.34. The van der Waals surface area contributed by atoms with Crippen LogP contribution in [-0.2, 0) is 77.5 Å². The number of sulfone groups is 1. The number of alkyl halides is 3. The molecule has 120 heavy (non-hydrogen) atoms. The Labute approximate surface area is 716 Å². The van der Waals surface area contributed by atoms with Gasteiger partial charge in [-0.05, 0) is 218 Å². The maximum Gasteiger partial charge on any atom is 0.416 e. The molecule has 2 fully saturated rings. The first-order valence-electron chi connectivity index (χ1n) is 38.4. The quantitative estimate of drug-likeness (QED) is 0.0579. The van der Waals surface area contributed by atoms with E-state index in [2.05, 4.69) is 42.5 Å². The predicted octanol–water partition coefficient (Wildman–Crippen LogP) is 18.2. The number of thioether (sulfide) groups is 1. The van der Waals surface area contributed by atoms with Crippen molar-refractivity contribution in [1.82, 2.24) is 29.4 Å². The molecule has 0 bridgehead atoms. The highest BCUT2D eigenvalue weighted by Crippen LogP contribution is 2.36. The van der Waals surface area contributed by atoms with E-state index < -0.39 is 21.6 Å². The van der Waals surface area contributed by atoms with Gasteiger partial charge in [-0.15, -0.1) is 11.8 Å². The van der Waals surface area contributed by atoms with Crippen molar-refractivity contribution < 1.29 is 74.0 Å². The second-order valence-corrected chi connectivity index (χ2v) is 32.9. The summed E-state index contributed by atoms with van der Waals surface area (Å²) in [6, 6.07) is 63.2. The summed E-state index contributed by atoms with van der Waals surface area (Å²) in [5.41, 5.74) is 16.6. The number of carbonyl (C=O) groups excluding carboxylic acids is 6. The highest BCUT2D eigenvalue weighted by atomic mass is 35.5. The van der Waals surface area contributed by atoms with E-state index in [-0.39, 0.29) is 46.8 Å². The van der Waals surface area contributed by atoms with Crippen LogP contribution in [0.2, 0.25) is 10.0 Å². The first-order chi connectivity index (χ1) is 57.2. The highest BCUT2D eigenvalue weighted by Gasteiger charge is 2.31. The Balaban J connectivity index is 0.000000187. The number of piperidine rings is 1. The number of likely N-dealkylation sites (tertiary alicyclic amines) is 1. The number of piperazine rings is 1. The van der Waals surface area contributed by atoms with Gasteiger partial charge < -0.3 is 53.1 Å². The molecule has 2 heterocycles. The Hall–Kier alpha value is -10.4. The predicted molar refractivity (Wildman–Crippen MR) is 470 cm³/mol. The number of amides is 5. The molecule has 2 aliphatic rings. The normalized spacial score (nSPS) is 12.7. The van der Waals surface area contributed by atoms with Crippen LogP contribution in [-0.4, -0.2) is 210 Å². The van der Waals surface area contributed by atoms with E-state index in [0.29, 0.717) is 95.8 Å². The van der Waals surface area contributed by atoms with Gasteiger partial charge in [0.15, 0.2) is 9.84 Å². The smallest absolute Gasteiger partial charge is 0.380 e. The summed E-state index contributed by atoms with van der Waals surface area (Å²) in [4.78, 5) is 85.2. The molecule has 0 aromatic heterocycles. The topological polar surface area (TPSA) is 202 Å². The third-order valence-corrected chi connectivity index (χ3v) is 22.1. The van der Waals surface area contributed by atoms with E-state index in [9.17, 15) is 50.4 Å². The molecule has 634 valence electrons. The third-order valence-electron chi connectivity index (χ3n) is 19.7. The fourth-order valence-corrected chi connectivity index (χ4v) is 14.6. The molecule has 0 saturated carbocycles. The van der Waals surface area contributed by atoms with Crippen LogP contribution in [0.4, 0.5) is 13.2 Å². The summed E-state index contributed by atoms with van der Waals surface area (Å²) in [5, 5.41) is 1.39. The van der Waals surface area contributed by atoms with Crippen LogP contribution >= 0.6 is 35.0 Å². The first-order valence-corrected chi connectivity index (χ1v) is 42.3. The Morgan fingerprint density at radius 1 is 0.400 bits per heavy atom. The molecule has 0 atom stereocenters. The van der Waals surface area contributed by atoms with Gasteiger partial charge in [-0.3, -0.25) is 28.8 Å². The van der Waals surface area contributed by atoms with Gasteiger partial charge in [0.05, 0.1) is 43.5 Å². The van der Waals surface area contributed by atoms with Gasteiger partial charge in [0.2, 0.25) is 0 Å². The van der Waals surface area contributed by atoms with E-state index in [1.54, 1.807) is 141 Å². The summed E-state index contributed by atoms with van der Waals surface area (Å²) in [5.74, 6) is 0.0575. The summed E-state index contributed by atoms with van der Waals surface area (Å²) < 4.78 is 87.5. The molecular formula is C94H103Cl2F3N6O13S2. The zero-order valence-corrected chi connectivity index (χ0v) is 73.2. The molecule has 0 radical (unpaired) electrons. The molecule has 2 aliphatic heterocycles. The zero-order chi connectivity index (χ0) is 87.5. The standard InChI is InChI=1S/C20H23ClN2O2.C20H20ClNO3.C18H18F3NO2.C18H21NO4S.C18H21NO2S/c1-22-9-11-23(12-10-22)20(24)16-5-8-19(17(13-16)14-25-2)15-3-6-18(21)7-4-15;1-25-13-16-12-15(20(24)22-10-8-18(23)9-11-22)4-7-19(16)14-2-5-17(21)6-3-14;1-22(2)17(23)13-6-9-16(14(10-13)11-24-3)12-4-7-15(8-5-12)18(19,20)21;1-19(2)18(20)14-7-10-17(15(11-14)12-23-3)13-5-8-16(9-6-13)24(4,21)22;1-19(2)18(20)14-7-10-17(15(11-14)12-21-3)13-5-8-16(22-4)9-6-13/h3-8,13H,9-12,14H2,1-2H3;2-7,12H,8-11,13H2,1H3;4-10H,11H2,1-3H3;5-11H,12H2,1-4H3;5-11H,12H2,1-4H3. The molecule has 0 spiro atoms. The van der Waals surface area contributed by atoms with Crippen molar-refractivity contribution in [2.24, 2.45) is 0 Å². The average molecular weight is 1720 g/mol. The van der Waals surface area contributed by atoms with E-state index >= 15 is 0 Å². The molecule has 0 unspecified atom stereocenters. The molecule has 2 saturated heterocycles. The van der Waals surface area contributed by atoms with Gasteiger partial charge in [-0.25, -0.2) is 8.42 Å². The SMILES string of the molecule is COCc1cc(C(=O)N(C)C)ccc1-c1ccc(C(F)(F)F)cc1.COCc1cc(C(=O)N(C)C)ccc1-c1ccc(S(C)(=O)=O)cc1.COCc1cc(C(=O)N(C)C)ccc1-c1ccc(SC)cc1.COCc1cc(C(=O)N2CCC(=O)CC2)ccc1-c1ccc(Cl)cc1.COCc1cc(C(=O)N2CCN(C)CC2)ccc1-c1ccc(Cl)cc1. The number of benzene rings is 10. The molecule has 0 aliphatic carbocycles. The van der Waals surface area contributed by atoms with Crippen LogP contribution in [0.1, 0.15) is 98.0 Å². The second-order valence-electron chi connectivity index (χ2n) is 29.2. The van der Waals surface area contributed by atoms with E-state index in [4.69, 9.17) is 46.9 Å². The lowest BCUT2D eigenvalue weighted by Crippen LogP contribution is -2.47. The number of hydrogen-bond acceptors (Lipinski definition) is 15. The van der Waals surface area contributed by atoms with Gasteiger partial charge in [0.25, 0.3) is 29.5 Å². The highest BCUT2D eigenvalue weighted by molar-refractivity contribution is 7.98. The van der Waals surface area contributed by atoms with Crippen LogP contribution in [0.5, 0.6) is 0 Å². The van der Waals surface area contributed by atoms with Gasteiger partial charge in [-0.2, -0.15) is 13.2 Å². The number of ether oxygens (including phenoxy) is 5. The largest absolute Gasteiger partial charge is 0.416 e. The number of hydrogen-bond donors (Lipinski definition) is 0. The molecule has 19 nitrogen and oxygen atoms in total. The molecule has 10 aromatic carbocycles. The Morgan fingerprint density at radius 2 is 0.667 bits per heavy atom. The fourth-order valence-electron chi connectivity index (χ4n) is 13.3. The van der Waals surface area contributed by atoms with Crippen molar-refractivity contribution in [2.45, 2.75) is 61.8 Å². The molecule has 12 rings (SSSR count). The zero-order valence-electron chi connectivity index (χ0n) is 70.1. The molecule has 10 aromatic rings. The van der Waals surface area contributed by atoms with Crippen LogP contribution in [0.3, 0.4) is 0 Å². The maximum absolute atomic E-state index is 12.8. The number of halogens is 5. The van der Waals surface area contributed by atoms with Crippen molar-refractivity contribution in [1.29, 1.82) is 0 Å². The summed E-state index contributed by atoms with van der Waals surface area (Å²) in [6.07, 6.45) is -0.234. The van der Waals surface area contributed by atoms with Crippen molar-refractivity contribution in [2.75, 3.05) is 137 Å². The number of methoxy groups -OCH3 is 5.